The van der Waals surface area contributed by atoms with Crippen molar-refractivity contribution in [3.05, 3.63) is 66.4 Å². The van der Waals surface area contributed by atoms with Gasteiger partial charge in [-0.05, 0) is 42.8 Å². The summed E-state index contributed by atoms with van der Waals surface area (Å²) in [7, 11) is 0. The molecular formula is C18H16N2O2. The van der Waals surface area contributed by atoms with E-state index in [4.69, 9.17) is 4.74 Å². The molecule has 0 radical (unpaired) electrons. The average molecular weight is 292 g/mol. The minimum Gasteiger partial charge on any atom is -0.484 e. The third kappa shape index (κ3) is 3.23. The Balaban J connectivity index is 1.63. The lowest BCUT2D eigenvalue weighted by Crippen LogP contribution is -2.20. The van der Waals surface area contributed by atoms with Gasteiger partial charge in [-0.3, -0.25) is 9.78 Å². The molecule has 3 aromatic rings. The number of carbonyl (C=O) groups is 1. The van der Waals surface area contributed by atoms with Crippen LogP contribution in [0.3, 0.4) is 0 Å². The zero-order chi connectivity index (χ0) is 15.4. The first kappa shape index (κ1) is 14.1. The van der Waals surface area contributed by atoms with Gasteiger partial charge in [0.1, 0.15) is 5.75 Å². The van der Waals surface area contributed by atoms with Crippen LogP contribution in [-0.2, 0) is 4.79 Å². The number of anilines is 1. The summed E-state index contributed by atoms with van der Waals surface area (Å²) in [5.74, 6) is 0.473. The van der Waals surface area contributed by atoms with Gasteiger partial charge in [0, 0.05) is 17.3 Å². The van der Waals surface area contributed by atoms with Gasteiger partial charge in [-0.2, -0.15) is 0 Å². The second-order valence-corrected chi connectivity index (χ2v) is 5.01. The lowest BCUT2D eigenvalue weighted by atomic mass is 10.2. The molecule has 110 valence electrons. The van der Waals surface area contributed by atoms with E-state index in [9.17, 15) is 4.79 Å². The van der Waals surface area contributed by atoms with E-state index in [0.717, 1.165) is 22.2 Å². The predicted molar refractivity (Wildman–Crippen MR) is 87.0 cm³/mol. The standard InChI is InChI=1S/C18H16N2O2/c1-13-5-2-3-7-16(13)20-18(21)12-22-15-8-9-17-14(11-15)6-4-10-19-17/h2-11H,12H2,1H3,(H,20,21). The number of para-hydroxylation sites is 1. The van der Waals surface area contributed by atoms with Crippen molar-refractivity contribution in [3.63, 3.8) is 0 Å². The van der Waals surface area contributed by atoms with Gasteiger partial charge in [0.05, 0.1) is 5.52 Å². The molecule has 0 spiro atoms. The molecule has 0 aliphatic rings. The molecule has 4 nitrogen and oxygen atoms in total. The van der Waals surface area contributed by atoms with E-state index in [0.29, 0.717) is 5.75 Å². The molecule has 0 saturated carbocycles. The number of nitrogens with one attached hydrogen (secondary N) is 1. The molecule has 0 atom stereocenters. The number of rotatable bonds is 4. The van der Waals surface area contributed by atoms with Crippen LogP contribution < -0.4 is 10.1 Å². The van der Waals surface area contributed by atoms with Gasteiger partial charge in [0.25, 0.3) is 5.91 Å². The monoisotopic (exact) mass is 292 g/mol. The number of nitrogens with zero attached hydrogens (tertiary/aromatic N) is 1. The number of fused-ring (bicyclic) bond motifs is 1. The van der Waals surface area contributed by atoms with E-state index in [1.165, 1.54) is 0 Å². The molecule has 0 aliphatic heterocycles. The summed E-state index contributed by atoms with van der Waals surface area (Å²) in [5.41, 5.74) is 2.73. The Hall–Kier alpha value is -2.88. The third-order valence-electron chi connectivity index (χ3n) is 3.36. The van der Waals surface area contributed by atoms with E-state index >= 15 is 0 Å². The molecule has 2 aromatic carbocycles. The zero-order valence-electron chi connectivity index (χ0n) is 12.2. The molecule has 22 heavy (non-hydrogen) atoms. The fourth-order valence-electron chi connectivity index (χ4n) is 2.19. The number of carbonyl (C=O) groups excluding carboxylic acids is 1. The van der Waals surface area contributed by atoms with Crippen molar-refractivity contribution in [2.75, 3.05) is 11.9 Å². The van der Waals surface area contributed by atoms with Crippen LogP contribution in [0.25, 0.3) is 10.9 Å². The Morgan fingerprint density at radius 3 is 2.86 bits per heavy atom. The van der Waals surface area contributed by atoms with Crippen LogP contribution in [-0.4, -0.2) is 17.5 Å². The lowest BCUT2D eigenvalue weighted by molar-refractivity contribution is -0.118. The largest absolute Gasteiger partial charge is 0.484 e. The van der Waals surface area contributed by atoms with Crippen LogP contribution in [0.15, 0.2) is 60.8 Å². The van der Waals surface area contributed by atoms with E-state index in [2.05, 4.69) is 10.3 Å². The van der Waals surface area contributed by atoms with E-state index in [-0.39, 0.29) is 12.5 Å². The number of hydrogen-bond acceptors (Lipinski definition) is 3. The minimum absolute atomic E-state index is 0.0277. The van der Waals surface area contributed by atoms with Crippen LogP contribution in [0, 0.1) is 6.92 Å². The van der Waals surface area contributed by atoms with E-state index < -0.39 is 0 Å². The Morgan fingerprint density at radius 1 is 1.14 bits per heavy atom. The summed E-state index contributed by atoms with van der Waals surface area (Å²) in [6.07, 6.45) is 1.75. The molecule has 0 unspecified atom stereocenters. The van der Waals surface area contributed by atoms with Crippen LogP contribution in [0.1, 0.15) is 5.56 Å². The highest BCUT2D eigenvalue weighted by atomic mass is 16.5. The number of aromatic nitrogens is 1. The zero-order valence-corrected chi connectivity index (χ0v) is 12.2. The van der Waals surface area contributed by atoms with Crippen LogP contribution in [0.4, 0.5) is 5.69 Å². The molecular weight excluding hydrogens is 276 g/mol. The topological polar surface area (TPSA) is 51.2 Å². The lowest BCUT2D eigenvalue weighted by Gasteiger charge is -2.09. The molecule has 4 heteroatoms. The van der Waals surface area contributed by atoms with Crippen LogP contribution in [0.2, 0.25) is 0 Å². The Bertz CT molecular complexity index is 815. The van der Waals surface area contributed by atoms with Crippen molar-refractivity contribution in [1.82, 2.24) is 4.98 Å². The molecule has 1 amide bonds. The number of amides is 1. The molecule has 0 saturated heterocycles. The fraction of sp³-hybridized carbons (Fsp3) is 0.111. The van der Waals surface area contributed by atoms with Crippen molar-refractivity contribution >= 4 is 22.5 Å². The van der Waals surface area contributed by atoms with Gasteiger partial charge in [0.15, 0.2) is 6.61 Å². The first-order chi connectivity index (χ1) is 10.7. The SMILES string of the molecule is Cc1ccccc1NC(=O)COc1ccc2ncccc2c1. The number of pyridine rings is 1. The average Bonchev–Trinajstić information content (AvgIpc) is 2.55. The van der Waals surface area contributed by atoms with Crippen molar-refractivity contribution in [2.45, 2.75) is 6.92 Å². The summed E-state index contributed by atoms with van der Waals surface area (Å²) < 4.78 is 5.55. The number of aryl methyl sites for hydroxylation is 1. The number of hydrogen-bond donors (Lipinski definition) is 1. The maximum atomic E-state index is 12.0. The summed E-state index contributed by atoms with van der Waals surface area (Å²) in [6, 6.07) is 17.1. The van der Waals surface area contributed by atoms with Gasteiger partial charge < -0.3 is 10.1 Å². The summed E-state index contributed by atoms with van der Waals surface area (Å²) >= 11 is 0. The van der Waals surface area contributed by atoms with Gasteiger partial charge in [0.2, 0.25) is 0 Å². The third-order valence-corrected chi connectivity index (χ3v) is 3.36. The molecule has 1 heterocycles. The van der Waals surface area contributed by atoms with Gasteiger partial charge >= 0.3 is 0 Å². The molecule has 0 bridgehead atoms. The van der Waals surface area contributed by atoms with Crippen molar-refractivity contribution < 1.29 is 9.53 Å². The molecule has 1 N–H and O–H groups in total. The second kappa shape index (κ2) is 6.26. The summed E-state index contributed by atoms with van der Waals surface area (Å²) in [4.78, 5) is 16.2. The fourth-order valence-corrected chi connectivity index (χ4v) is 2.19. The maximum absolute atomic E-state index is 12.0. The first-order valence-electron chi connectivity index (χ1n) is 7.05. The maximum Gasteiger partial charge on any atom is 0.262 e. The van der Waals surface area contributed by atoms with E-state index in [1.54, 1.807) is 6.20 Å². The van der Waals surface area contributed by atoms with E-state index in [1.807, 2.05) is 61.5 Å². The summed E-state index contributed by atoms with van der Waals surface area (Å²) in [6.45, 7) is 1.92. The molecule has 3 rings (SSSR count). The Labute approximate surface area is 128 Å². The van der Waals surface area contributed by atoms with Gasteiger partial charge in [-0.1, -0.05) is 24.3 Å². The smallest absolute Gasteiger partial charge is 0.262 e. The normalized spacial score (nSPS) is 10.4. The Kier molecular flexibility index (Phi) is 4.01. The van der Waals surface area contributed by atoms with Crippen molar-refractivity contribution in [2.24, 2.45) is 0 Å². The minimum atomic E-state index is -0.180. The number of ether oxygens (including phenoxy) is 1. The Morgan fingerprint density at radius 2 is 2.00 bits per heavy atom. The highest BCUT2D eigenvalue weighted by molar-refractivity contribution is 5.92. The molecule has 0 aliphatic carbocycles. The van der Waals surface area contributed by atoms with Gasteiger partial charge in [-0.15, -0.1) is 0 Å². The predicted octanol–water partition coefficient (Wildman–Crippen LogP) is 3.56. The van der Waals surface area contributed by atoms with Crippen LogP contribution >= 0.6 is 0 Å². The highest BCUT2D eigenvalue weighted by Crippen LogP contribution is 2.19. The van der Waals surface area contributed by atoms with Crippen LogP contribution in [0.5, 0.6) is 5.75 Å². The van der Waals surface area contributed by atoms with Gasteiger partial charge in [-0.25, -0.2) is 0 Å². The molecule has 0 fully saturated rings. The highest BCUT2D eigenvalue weighted by Gasteiger charge is 2.06. The second-order valence-electron chi connectivity index (χ2n) is 5.01. The first-order valence-corrected chi connectivity index (χ1v) is 7.05. The van der Waals surface area contributed by atoms with Crippen molar-refractivity contribution in [3.8, 4) is 5.75 Å². The van der Waals surface area contributed by atoms with Crippen molar-refractivity contribution in [1.29, 1.82) is 0 Å². The summed E-state index contributed by atoms with van der Waals surface area (Å²) in [5, 5.41) is 3.83. The molecule has 1 aromatic heterocycles. The number of benzene rings is 2. The quantitative estimate of drug-likeness (QED) is 0.800.